The van der Waals surface area contributed by atoms with E-state index < -0.39 is 0 Å². The van der Waals surface area contributed by atoms with Crippen molar-refractivity contribution < 1.29 is 4.42 Å². The lowest BCUT2D eigenvalue weighted by atomic mass is 9.97. The molecule has 216 valence electrons. The second kappa shape index (κ2) is 10.7. The Labute approximate surface area is 265 Å². The molecular weight excluding hydrogens is 562 g/mol. The zero-order chi connectivity index (χ0) is 30.5. The van der Waals surface area contributed by atoms with Gasteiger partial charge in [0.1, 0.15) is 11.2 Å². The Morgan fingerprint density at radius 2 is 1.09 bits per heavy atom. The Balaban J connectivity index is 1.26. The van der Waals surface area contributed by atoms with Gasteiger partial charge in [0.05, 0.1) is 22.4 Å². The molecule has 7 aromatic carbocycles. The van der Waals surface area contributed by atoms with Crippen LogP contribution in [0.15, 0.2) is 168 Å². The van der Waals surface area contributed by atoms with E-state index in [1.54, 1.807) is 0 Å². The smallest absolute Gasteiger partial charge is 0.137 e. The van der Waals surface area contributed by atoms with Gasteiger partial charge in [0.15, 0.2) is 0 Å². The van der Waals surface area contributed by atoms with Crippen molar-refractivity contribution in [2.75, 3.05) is 4.90 Å². The molecule has 2 aromatic heterocycles. The van der Waals surface area contributed by atoms with Crippen molar-refractivity contribution in [2.45, 2.75) is 0 Å². The number of aromatic nitrogens is 2. The number of anilines is 3. The van der Waals surface area contributed by atoms with E-state index in [2.05, 4.69) is 120 Å². The van der Waals surface area contributed by atoms with Gasteiger partial charge in [-0.15, -0.1) is 0 Å². The minimum atomic E-state index is 0.815. The molecule has 0 radical (unpaired) electrons. The van der Waals surface area contributed by atoms with Crippen LogP contribution in [0.4, 0.5) is 17.1 Å². The van der Waals surface area contributed by atoms with Crippen molar-refractivity contribution in [3.63, 3.8) is 0 Å². The molecule has 0 spiro atoms. The van der Waals surface area contributed by atoms with Crippen LogP contribution in [-0.2, 0) is 0 Å². The molecule has 46 heavy (non-hydrogen) atoms. The summed E-state index contributed by atoms with van der Waals surface area (Å²) in [6.45, 7) is 0. The predicted molar refractivity (Wildman–Crippen MR) is 190 cm³/mol. The zero-order valence-corrected chi connectivity index (χ0v) is 24.8. The lowest BCUT2D eigenvalue weighted by Crippen LogP contribution is -2.09. The summed E-state index contributed by atoms with van der Waals surface area (Å²) >= 11 is 0. The zero-order valence-electron chi connectivity index (χ0n) is 24.8. The Bertz CT molecular complexity index is 2500. The molecule has 0 amide bonds. The second-order valence-corrected chi connectivity index (χ2v) is 11.4. The number of para-hydroxylation sites is 4. The van der Waals surface area contributed by atoms with Crippen LogP contribution < -0.4 is 4.90 Å². The fourth-order valence-electron chi connectivity index (χ4n) is 6.48. The lowest BCUT2D eigenvalue weighted by Gasteiger charge is -2.25. The molecule has 0 N–H and O–H groups in total. The SMILES string of the molecule is c1ccc(N(c2ccccc2)c2ccc3c(c2)oc2cccc(-c4nc5ccccc5nc4-c4ccc5ccccc5c4)c23)cc1. The minimum Gasteiger partial charge on any atom is -0.456 e. The number of rotatable bonds is 5. The molecule has 4 nitrogen and oxygen atoms in total. The van der Waals surface area contributed by atoms with Gasteiger partial charge in [0.25, 0.3) is 0 Å². The first-order valence-electron chi connectivity index (χ1n) is 15.4. The van der Waals surface area contributed by atoms with Crippen molar-refractivity contribution in [1.82, 2.24) is 9.97 Å². The van der Waals surface area contributed by atoms with Crippen molar-refractivity contribution in [3.8, 4) is 22.5 Å². The van der Waals surface area contributed by atoms with Crippen molar-refractivity contribution >= 4 is 60.8 Å². The first-order valence-corrected chi connectivity index (χ1v) is 15.4. The van der Waals surface area contributed by atoms with Gasteiger partial charge >= 0.3 is 0 Å². The fraction of sp³-hybridized carbons (Fsp3) is 0. The summed E-state index contributed by atoms with van der Waals surface area (Å²) in [5.41, 5.74) is 10.2. The standard InChI is InChI=1S/C42H27N3O/c1-3-14-31(15-4-1)45(32-16-5-2-6-17-32)33-24-25-34-39(27-33)46-38-21-11-18-35(40(34)38)42-41(43-36-19-9-10-20-37(36)44-42)30-23-22-28-12-7-8-13-29(28)26-30/h1-27H. The predicted octanol–water partition coefficient (Wildman–Crippen LogP) is 11.5. The van der Waals surface area contributed by atoms with Gasteiger partial charge in [0.2, 0.25) is 0 Å². The average Bonchev–Trinajstić information content (AvgIpc) is 3.50. The van der Waals surface area contributed by atoms with Gasteiger partial charge in [-0.05, 0) is 71.4 Å². The maximum absolute atomic E-state index is 6.59. The lowest BCUT2D eigenvalue weighted by molar-refractivity contribution is 0.669. The van der Waals surface area contributed by atoms with Crippen LogP contribution in [0, 0.1) is 0 Å². The van der Waals surface area contributed by atoms with Crippen LogP contribution in [0.25, 0.3) is 66.3 Å². The van der Waals surface area contributed by atoms with Gasteiger partial charge in [-0.1, -0.05) is 97.1 Å². The topological polar surface area (TPSA) is 42.2 Å². The molecule has 0 aliphatic carbocycles. The van der Waals surface area contributed by atoms with E-state index in [1.165, 1.54) is 10.8 Å². The summed E-state index contributed by atoms with van der Waals surface area (Å²) in [5.74, 6) is 0. The Morgan fingerprint density at radius 3 is 1.83 bits per heavy atom. The summed E-state index contributed by atoms with van der Waals surface area (Å²) in [7, 11) is 0. The van der Waals surface area contributed by atoms with E-state index in [-0.39, 0.29) is 0 Å². The third-order valence-corrected chi connectivity index (χ3v) is 8.62. The molecule has 9 aromatic rings. The number of hydrogen-bond donors (Lipinski definition) is 0. The van der Waals surface area contributed by atoms with Crippen LogP contribution in [0.5, 0.6) is 0 Å². The fourth-order valence-corrected chi connectivity index (χ4v) is 6.48. The molecule has 2 heterocycles. The number of furan rings is 1. The molecule has 4 heteroatoms. The minimum absolute atomic E-state index is 0.815. The molecule has 0 unspecified atom stereocenters. The van der Waals surface area contributed by atoms with E-state index in [4.69, 9.17) is 14.4 Å². The van der Waals surface area contributed by atoms with Crippen LogP contribution in [-0.4, -0.2) is 9.97 Å². The van der Waals surface area contributed by atoms with Gasteiger partial charge in [-0.3, -0.25) is 0 Å². The highest BCUT2D eigenvalue weighted by Crippen LogP contribution is 2.42. The van der Waals surface area contributed by atoms with E-state index in [0.29, 0.717) is 0 Å². The van der Waals surface area contributed by atoms with Gasteiger partial charge in [-0.25, -0.2) is 9.97 Å². The Kier molecular flexibility index (Phi) is 6.10. The van der Waals surface area contributed by atoms with Crippen molar-refractivity contribution in [2.24, 2.45) is 0 Å². The van der Waals surface area contributed by atoms with Crippen LogP contribution in [0.1, 0.15) is 0 Å². The molecule has 0 atom stereocenters. The van der Waals surface area contributed by atoms with Crippen LogP contribution in [0.3, 0.4) is 0 Å². The second-order valence-electron chi connectivity index (χ2n) is 11.4. The molecular formula is C42H27N3O. The highest BCUT2D eigenvalue weighted by Gasteiger charge is 2.21. The summed E-state index contributed by atoms with van der Waals surface area (Å²) in [6.07, 6.45) is 0. The maximum atomic E-state index is 6.59. The molecule has 0 bridgehead atoms. The van der Waals surface area contributed by atoms with Gasteiger partial charge in [0, 0.05) is 45.0 Å². The highest BCUT2D eigenvalue weighted by molar-refractivity contribution is 6.14. The van der Waals surface area contributed by atoms with E-state index in [9.17, 15) is 0 Å². The molecule has 0 aliphatic heterocycles. The van der Waals surface area contributed by atoms with Gasteiger partial charge < -0.3 is 9.32 Å². The van der Waals surface area contributed by atoms with Crippen LogP contribution in [0.2, 0.25) is 0 Å². The van der Waals surface area contributed by atoms with E-state index in [0.717, 1.165) is 72.5 Å². The summed E-state index contributed by atoms with van der Waals surface area (Å²) in [4.78, 5) is 12.7. The normalized spacial score (nSPS) is 11.5. The van der Waals surface area contributed by atoms with Gasteiger partial charge in [-0.2, -0.15) is 0 Å². The molecule has 0 aliphatic rings. The van der Waals surface area contributed by atoms with E-state index >= 15 is 0 Å². The number of nitrogens with zero attached hydrogens (tertiary/aromatic N) is 3. The molecule has 9 rings (SSSR count). The Morgan fingerprint density at radius 1 is 0.435 bits per heavy atom. The molecule has 0 saturated carbocycles. The Hall–Kier alpha value is -6.26. The summed E-state index contributed by atoms with van der Waals surface area (Å²) < 4.78 is 6.59. The molecule has 0 saturated heterocycles. The monoisotopic (exact) mass is 589 g/mol. The van der Waals surface area contributed by atoms with Crippen LogP contribution >= 0.6 is 0 Å². The average molecular weight is 590 g/mol. The quantitative estimate of drug-likeness (QED) is 0.200. The van der Waals surface area contributed by atoms with Crippen molar-refractivity contribution in [1.29, 1.82) is 0 Å². The van der Waals surface area contributed by atoms with E-state index in [1.807, 2.05) is 48.5 Å². The van der Waals surface area contributed by atoms with Crippen molar-refractivity contribution in [3.05, 3.63) is 164 Å². The third kappa shape index (κ3) is 4.39. The largest absolute Gasteiger partial charge is 0.456 e. The first kappa shape index (κ1) is 26.2. The summed E-state index contributed by atoms with van der Waals surface area (Å²) in [6, 6.07) is 56.5. The number of hydrogen-bond acceptors (Lipinski definition) is 4. The third-order valence-electron chi connectivity index (χ3n) is 8.62. The molecule has 0 fully saturated rings. The first-order chi connectivity index (χ1) is 22.8. The summed E-state index contributed by atoms with van der Waals surface area (Å²) in [5, 5.41) is 4.43. The highest BCUT2D eigenvalue weighted by atomic mass is 16.3. The number of benzene rings is 7. The maximum Gasteiger partial charge on any atom is 0.137 e. The number of fused-ring (bicyclic) bond motifs is 5.